The fourth-order valence-electron chi connectivity index (χ4n) is 5.31. The van der Waals surface area contributed by atoms with Crippen LogP contribution in [0.2, 0.25) is 0 Å². The number of rotatable bonds is 3. The van der Waals surface area contributed by atoms with Gasteiger partial charge >= 0.3 is 0 Å². The quantitative estimate of drug-likeness (QED) is 0.546. The molecule has 0 radical (unpaired) electrons. The molecule has 0 bridgehead atoms. The van der Waals surface area contributed by atoms with Crippen molar-refractivity contribution in [2.75, 3.05) is 18.0 Å². The maximum absolute atomic E-state index is 10.2. The number of H-pyrrole nitrogens is 1. The molecule has 0 spiro atoms. The Morgan fingerprint density at radius 2 is 1.90 bits per heavy atom. The van der Waals surface area contributed by atoms with Crippen LogP contribution in [0.1, 0.15) is 43.2 Å². The first-order valence-electron chi connectivity index (χ1n) is 10.9. The smallest absolute Gasteiger partial charge is 0.198 e. The number of nitrogens with one attached hydrogen (secondary N) is 1. The zero-order valence-electron chi connectivity index (χ0n) is 17.1. The monoisotopic (exact) mass is 387 g/mol. The van der Waals surface area contributed by atoms with Crippen molar-refractivity contribution in [3.8, 4) is 5.88 Å². The van der Waals surface area contributed by atoms with E-state index in [1.165, 1.54) is 56.4 Å². The summed E-state index contributed by atoms with van der Waals surface area (Å²) in [7, 11) is 0. The molecule has 4 nitrogen and oxygen atoms in total. The van der Waals surface area contributed by atoms with Gasteiger partial charge in [-0.3, -0.25) is 4.99 Å². The van der Waals surface area contributed by atoms with E-state index >= 15 is 0 Å². The third-order valence-corrected chi connectivity index (χ3v) is 6.88. The van der Waals surface area contributed by atoms with E-state index in [-0.39, 0.29) is 5.88 Å². The predicted octanol–water partition coefficient (Wildman–Crippen LogP) is 5.95. The van der Waals surface area contributed by atoms with Gasteiger partial charge in [-0.15, -0.1) is 0 Å². The minimum Gasteiger partial charge on any atom is -0.494 e. The van der Waals surface area contributed by atoms with E-state index in [2.05, 4.69) is 40.0 Å². The van der Waals surface area contributed by atoms with Gasteiger partial charge in [0.15, 0.2) is 5.88 Å². The second kappa shape index (κ2) is 7.58. The molecule has 3 aromatic rings. The topological polar surface area (TPSA) is 51.6 Å². The number of piperidine rings is 1. The van der Waals surface area contributed by atoms with Crippen LogP contribution in [-0.2, 0) is 0 Å². The summed E-state index contributed by atoms with van der Waals surface area (Å²) in [5, 5.41) is 11.2. The Morgan fingerprint density at radius 3 is 2.76 bits per heavy atom. The van der Waals surface area contributed by atoms with Crippen LogP contribution in [0.25, 0.3) is 10.9 Å². The Kier molecular flexibility index (Phi) is 4.78. The maximum atomic E-state index is 10.2. The molecule has 1 saturated carbocycles. The highest BCUT2D eigenvalue weighted by atomic mass is 16.3. The number of hydrogen-bond acceptors (Lipinski definition) is 3. The molecule has 2 unspecified atom stereocenters. The molecule has 5 rings (SSSR count). The number of benzene rings is 2. The number of aliphatic imine (C=N–C) groups is 1. The molecule has 0 amide bonds. The molecular weight excluding hydrogens is 358 g/mol. The van der Waals surface area contributed by atoms with Crippen LogP contribution in [0.4, 0.5) is 11.4 Å². The predicted molar refractivity (Wildman–Crippen MR) is 121 cm³/mol. The van der Waals surface area contributed by atoms with Gasteiger partial charge in [-0.05, 0) is 61.4 Å². The van der Waals surface area contributed by atoms with Gasteiger partial charge in [0.2, 0.25) is 0 Å². The van der Waals surface area contributed by atoms with Crippen LogP contribution in [0.5, 0.6) is 5.88 Å². The van der Waals surface area contributed by atoms with Gasteiger partial charge in [-0.2, -0.15) is 0 Å². The third kappa shape index (κ3) is 3.52. The number of aromatic nitrogens is 1. The number of aryl methyl sites for hydroxylation is 1. The van der Waals surface area contributed by atoms with Crippen LogP contribution < -0.4 is 4.90 Å². The Labute approximate surface area is 172 Å². The molecule has 1 aliphatic heterocycles. The third-order valence-electron chi connectivity index (χ3n) is 6.88. The van der Waals surface area contributed by atoms with Gasteiger partial charge in [0.1, 0.15) is 0 Å². The first-order valence-corrected chi connectivity index (χ1v) is 10.9. The van der Waals surface area contributed by atoms with Crippen LogP contribution >= 0.6 is 0 Å². The Bertz CT molecular complexity index is 1050. The fourth-order valence-corrected chi connectivity index (χ4v) is 5.31. The van der Waals surface area contributed by atoms with E-state index < -0.39 is 0 Å². The number of nitrogens with zero attached hydrogens (tertiary/aromatic N) is 2. The summed E-state index contributed by atoms with van der Waals surface area (Å²) in [6, 6.07) is 14.4. The molecule has 2 atom stereocenters. The lowest BCUT2D eigenvalue weighted by Crippen LogP contribution is -2.42. The van der Waals surface area contributed by atoms with Gasteiger partial charge in [0.25, 0.3) is 0 Å². The zero-order chi connectivity index (χ0) is 19.8. The molecular formula is C25H29N3O. The van der Waals surface area contributed by atoms with Crippen LogP contribution in [0.3, 0.4) is 0 Å². The average Bonchev–Trinajstić information content (AvgIpc) is 3.07. The van der Waals surface area contributed by atoms with E-state index in [0.29, 0.717) is 0 Å². The normalized spacial score (nSPS) is 22.3. The van der Waals surface area contributed by atoms with Crippen LogP contribution in [0, 0.1) is 18.8 Å². The molecule has 1 saturated heterocycles. The number of hydrogen-bond donors (Lipinski definition) is 2. The molecule has 2 fully saturated rings. The number of fused-ring (bicyclic) bond motifs is 2. The van der Waals surface area contributed by atoms with Crippen molar-refractivity contribution in [3.63, 3.8) is 0 Å². The second-order valence-electron chi connectivity index (χ2n) is 8.70. The first-order chi connectivity index (χ1) is 14.2. The summed E-state index contributed by atoms with van der Waals surface area (Å²) in [5.74, 6) is 1.99. The van der Waals surface area contributed by atoms with Gasteiger partial charge in [-0.1, -0.05) is 37.5 Å². The second-order valence-corrected chi connectivity index (χ2v) is 8.70. The molecule has 2 aromatic carbocycles. The molecule has 150 valence electrons. The number of aromatic hydroxyl groups is 1. The van der Waals surface area contributed by atoms with Gasteiger partial charge < -0.3 is 15.0 Å². The van der Waals surface area contributed by atoms with E-state index in [1.54, 1.807) is 6.21 Å². The van der Waals surface area contributed by atoms with Crippen LogP contribution in [-0.4, -0.2) is 29.4 Å². The lowest BCUT2D eigenvalue weighted by molar-refractivity contribution is 0.202. The summed E-state index contributed by atoms with van der Waals surface area (Å²) >= 11 is 0. The number of aromatic amines is 1. The Hall–Kier alpha value is -2.75. The molecule has 29 heavy (non-hydrogen) atoms. The minimum atomic E-state index is 0.165. The van der Waals surface area contributed by atoms with Crippen molar-refractivity contribution in [1.82, 2.24) is 4.98 Å². The molecule has 1 aliphatic carbocycles. The summed E-state index contributed by atoms with van der Waals surface area (Å²) in [6.07, 6.45) is 8.77. The van der Waals surface area contributed by atoms with Crippen molar-refractivity contribution in [2.45, 2.75) is 39.0 Å². The van der Waals surface area contributed by atoms with Crippen molar-refractivity contribution in [1.29, 1.82) is 0 Å². The largest absolute Gasteiger partial charge is 0.494 e. The average molecular weight is 388 g/mol. The lowest BCUT2D eigenvalue weighted by Gasteiger charge is -2.42. The summed E-state index contributed by atoms with van der Waals surface area (Å²) < 4.78 is 0. The first kappa shape index (κ1) is 18.3. The standard InChI is InChI=1S/C25H29N3O/c1-17-14-20(26-15-22-21-8-4-5-9-23(21)27-25(22)29)10-11-24(17)28-13-12-18-6-2-3-7-19(18)16-28/h4-5,8-11,14-15,18-19,27,29H,2-3,6-7,12-13,16H2,1H3. The summed E-state index contributed by atoms with van der Waals surface area (Å²) in [5.41, 5.74) is 5.20. The Balaban J connectivity index is 1.36. The summed E-state index contributed by atoms with van der Waals surface area (Å²) in [6.45, 7) is 4.57. The molecule has 1 aromatic heterocycles. The van der Waals surface area contributed by atoms with E-state index in [0.717, 1.165) is 34.0 Å². The molecule has 2 aliphatic rings. The van der Waals surface area contributed by atoms with Crippen molar-refractivity contribution in [2.24, 2.45) is 16.8 Å². The zero-order valence-corrected chi connectivity index (χ0v) is 17.1. The number of anilines is 1. The fraction of sp³-hybridized carbons (Fsp3) is 0.400. The van der Waals surface area contributed by atoms with Gasteiger partial charge in [0.05, 0.1) is 11.3 Å². The highest BCUT2D eigenvalue weighted by Crippen LogP contribution is 2.38. The van der Waals surface area contributed by atoms with Gasteiger partial charge in [0, 0.05) is 35.9 Å². The van der Waals surface area contributed by atoms with Crippen molar-refractivity contribution in [3.05, 3.63) is 53.6 Å². The Morgan fingerprint density at radius 1 is 1.07 bits per heavy atom. The highest BCUT2D eigenvalue weighted by Gasteiger charge is 2.31. The number of para-hydroxylation sites is 1. The highest BCUT2D eigenvalue weighted by molar-refractivity contribution is 6.02. The van der Waals surface area contributed by atoms with Crippen molar-refractivity contribution < 1.29 is 5.11 Å². The lowest BCUT2D eigenvalue weighted by atomic mass is 9.75. The molecule has 2 heterocycles. The maximum Gasteiger partial charge on any atom is 0.198 e. The van der Waals surface area contributed by atoms with Crippen LogP contribution in [0.15, 0.2) is 47.5 Å². The molecule has 4 heteroatoms. The minimum absolute atomic E-state index is 0.165. The van der Waals surface area contributed by atoms with Gasteiger partial charge in [-0.25, -0.2) is 0 Å². The van der Waals surface area contributed by atoms with E-state index in [1.807, 2.05) is 24.3 Å². The molecule has 2 N–H and O–H groups in total. The van der Waals surface area contributed by atoms with E-state index in [4.69, 9.17) is 0 Å². The van der Waals surface area contributed by atoms with Crippen molar-refractivity contribution >= 4 is 28.5 Å². The summed E-state index contributed by atoms with van der Waals surface area (Å²) in [4.78, 5) is 10.2. The van der Waals surface area contributed by atoms with E-state index in [9.17, 15) is 5.11 Å². The SMILES string of the molecule is Cc1cc(N=Cc2c(O)[nH]c3ccccc23)ccc1N1CCC2CCCCC2C1.